The minimum absolute atomic E-state index is 0.0158. The summed E-state index contributed by atoms with van der Waals surface area (Å²) in [7, 11) is 0. The Kier molecular flexibility index (Phi) is 6.69. The highest BCUT2D eigenvalue weighted by atomic mass is 16.6. The first kappa shape index (κ1) is 26.8. The lowest BCUT2D eigenvalue weighted by atomic mass is 9.85. The fourth-order valence-corrected chi connectivity index (χ4v) is 6.09. The zero-order chi connectivity index (χ0) is 29.5. The number of ketones is 1. The van der Waals surface area contributed by atoms with Crippen molar-refractivity contribution in [3.05, 3.63) is 140 Å². The molecule has 3 aliphatic heterocycles. The van der Waals surface area contributed by atoms with Crippen LogP contribution in [0.5, 0.6) is 0 Å². The molecule has 3 aromatic rings. The van der Waals surface area contributed by atoms with E-state index in [0.29, 0.717) is 6.42 Å². The second-order valence-corrected chi connectivity index (χ2v) is 10.5. The molecule has 0 aromatic heterocycles. The van der Waals surface area contributed by atoms with Crippen LogP contribution in [0.4, 0.5) is 11.4 Å². The van der Waals surface area contributed by atoms with Gasteiger partial charge in [0.1, 0.15) is 6.04 Å². The quantitative estimate of drug-likeness (QED) is 0.171. The van der Waals surface area contributed by atoms with Crippen LogP contribution in [0.2, 0.25) is 0 Å². The lowest BCUT2D eigenvalue weighted by Crippen LogP contribution is -2.45. The smallest absolute Gasteiger partial charge is 0.269 e. The second kappa shape index (κ2) is 10.5. The van der Waals surface area contributed by atoms with Gasteiger partial charge in [-0.3, -0.25) is 39.5 Å². The van der Waals surface area contributed by atoms with Crippen molar-refractivity contribution in [1.82, 2.24) is 9.80 Å². The molecule has 3 heterocycles. The number of nitro benzene ring substituents is 2. The van der Waals surface area contributed by atoms with Crippen molar-refractivity contribution in [1.29, 1.82) is 0 Å². The van der Waals surface area contributed by atoms with E-state index < -0.39 is 45.5 Å². The molecule has 2 fully saturated rings. The lowest BCUT2D eigenvalue weighted by molar-refractivity contribution is -0.385. The molecular formula is C31H24N4O7. The van der Waals surface area contributed by atoms with Gasteiger partial charge < -0.3 is 4.90 Å². The van der Waals surface area contributed by atoms with Crippen molar-refractivity contribution in [2.24, 2.45) is 11.8 Å². The van der Waals surface area contributed by atoms with E-state index in [0.717, 1.165) is 16.7 Å². The number of nitro groups is 2. The highest BCUT2D eigenvalue weighted by molar-refractivity contribution is 6.12. The molecule has 11 nitrogen and oxygen atoms in total. The van der Waals surface area contributed by atoms with E-state index in [-0.39, 0.29) is 29.4 Å². The van der Waals surface area contributed by atoms with Crippen molar-refractivity contribution in [3.63, 3.8) is 0 Å². The number of allylic oxidation sites excluding steroid dienone is 2. The Morgan fingerprint density at radius 3 is 1.98 bits per heavy atom. The van der Waals surface area contributed by atoms with E-state index in [9.17, 15) is 34.6 Å². The summed E-state index contributed by atoms with van der Waals surface area (Å²) < 4.78 is 0. The molecule has 6 rings (SSSR count). The Labute approximate surface area is 239 Å². The van der Waals surface area contributed by atoms with Crippen LogP contribution in [-0.4, -0.2) is 49.3 Å². The van der Waals surface area contributed by atoms with E-state index in [4.69, 9.17) is 0 Å². The van der Waals surface area contributed by atoms with Gasteiger partial charge >= 0.3 is 0 Å². The number of likely N-dealkylation sites (tertiary alicyclic amines) is 1. The van der Waals surface area contributed by atoms with Gasteiger partial charge in [-0.15, -0.1) is 0 Å². The zero-order valence-electron chi connectivity index (χ0n) is 22.1. The standard InChI is InChI=1S/C31H24N4O7/c36-29(22-8-12-24(13-9-22)35(41)42)28-27-26(30(37)33(31(27)38)18-20-4-2-1-3-5-20)25-17-21(14-15-32(25)28)16-19-6-10-23(11-7-19)34(39)40/h1-15,17,25-28H,16,18H2/t25-,26-,27-,28+/m1/s1. The Balaban J connectivity index is 1.34. The van der Waals surface area contributed by atoms with E-state index in [2.05, 4.69) is 0 Å². The largest absolute Gasteiger partial charge is 0.359 e. The van der Waals surface area contributed by atoms with Gasteiger partial charge in [0.15, 0.2) is 5.78 Å². The van der Waals surface area contributed by atoms with Crippen LogP contribution in [-0.2, 0) is 22.6 Å². The summed E-state index contributed by atoms with van der Waals surface area (Å²) >= 11 is 0. The third kappa shape index (κ3) is 4.64. The maximum absolute atomic E-state index is 13.9. The summed E-state index contributed by atoms with van der Waals surface area (Å²) in [5.41, 5.74) is 2.49. The molecule has 3 aliphatic rings. The molecule has 11 heteroatoms. The molecule has 0 saturated carbocycles. The minimum atomic E-state index is -0.980. The van der Waals surface area contributed by atoms with E-state index in [1.165, 1.54) is 41.3 Å². The SMILES string of the molecule is O=C(c1ccc([N+](=O)[O-])cc1)[C@@H]1[C@@H]2C(=O)N(Cc3ccccc3)C(=O)[C@@H]2[C@H]2C=C(Cc3ccc([N+](=O)[O-])cc3)C=CN21. The average molecular weight is 565 g/mol. The maximum Gasteiger partial charge on any atom is 0.269 e. The molecule has 2 saturated heterocycles. The predicted octanol–water partition coefficient (Wildman–Crippen LogP) is 4.24. The number of hydrogen-bond acceptors (Lipinski definition) is 8. The van der Waals surface area contributed by atoms with Gasteiger partial charge in [-0.05, 0) is 41.3 Å². The van der Waals surface area contributed by atoms with Crippen molar-refractivity contribution < 1.29 is 24.2 Å². The van der Waals surface area contributed by atoms with Gasteiger partial charge in [-0.2, -0.15) is 0 Å². The molecule has 0 unspecified atom stereocenters. The molecule has 0 aliphatic carbocycles. The summed E-state index contributed by atoms with van der Waals surface area (Å²) in [6.07, 6.45) is 5.86. The number of fused-ring (bicyclic) bond motifs is 3. The van der Waals surface area contributed by atoms with Crippen molar-refractivity contribution in [3.8, 4) is 0 Å². The summed E-state index contributed by atoms with van der Waals surface area (Å²) in [5.74, 6) is -2.92. The second-order valence-electron chi connectivity index (χ2n) is 10.5. The first-order valence-electron chi connectivity index (χ1n) is 13.3. The zero-order valence-corrected chi connectivity index (χ0v) is 22.1. The Hall–Kier alpha value is -5.45. The molecule has 4 atom stereocenters. The molecule has 2 amide bonds. The maximum atomic E-state index is 13.9. The highest BCUT2D eigenvalue weighted by Crippen LogP contribution is 2.46. The highest BCUT2D eigenvalue weighted by Gasteiger charge is 2.63. The fourth-order valence-electron chi connectivity index (χ4n) is 6.09. The number of imide groups is 1. The topological polar surface area (TPSA) is 144 Å². The fraction of sp³-hybridized carbons (Fsp3) is 0.194. The number of hydrogen-bond donors (Lipinski definition) is 0. The van der Waals surface area contributed by atoms with Crippen LogP contribution in [0, 0.1) is 32.1 Å². The summed E-state index contributed by atoms with van der Waals surface area (Å²) in [6, 6.07) is 19.0. The number of carbonyl (C=O) groups excluding carboxylic acids is 3. The van der Waals surface area contributed by atoms with Crippen LogP contribution >= 0.6 is 0 Å². The first-order chi connectivity index (χ1) is 20.2. The van der Waals surface area contributed by atoms with Gasteiger partial charge in [0.05, 0.1) is 34.3 Å². The van der Waals surface area contributed by atoms with E-state index >= 15 is 0 Å². The number of amides is 2. The monoisotopic (exact) mass is 564 g/mol. The molecule has 3 aromatic carbocycles. The first-order valence-corrected chi connectivity index (χ1v) is 13.3. The van der Waals surface area contributed by atoms with Gasteiger partial charge in [-0.25, -0.2) is 0 Å². The summed E-state index contributed by atoms with van der Waals surface area (Å²) in [6.45, 7) is 0.0892. The number of Topliss-reactive ketones (excluding diaryl/α,β-unsaturated/α-hetero) is 1. The van der Waals surface area contributed by atoms with Crippen LogP contribution in [0.25, 0.3) is 0 Å². The van der Waals surface area contributed by atoms with Crippen LogP contribution in [0.15, 0.2) is 103 Å². The number of nitrogens with zero attached hydrogens (tertiary/aromatic N) is 4. The molecule has 210 valence electrons. The third-order valence-electron chi connectivity index (χ3n) is 8.08. The molecular weight excluding hydrogens is 540 g/mol. The van der Waals surface area contributed by atoms with Crippen molar-refractivity contribution in [2.45, 2.75) is 25.0 Å². The number of benzene rings is 3. The van der Waals surface area contributed by atoms with Crippen LogP contribution in [0.3, 0.4) is 0 Å². The minimum Gasteiger partial charge on any atom is -0.359 e. The van der Waals surface area contributed by atoms with Gasteiger partial charge in [0, 0.05) is 36.0 Å². The lowest BCUT2D eigenvalue weighted by Gasteiger charge is -2.33. The third-order valence-corrected chi connectivity index (χ3v) is 8.08. The molecule has 42 heavy (non-hydrogen) atoms. The van der Waals surface area contributed by atoms with Gasteiger partial charge in [-0.1, -0.05) is 48.5 Å². The normalized spacial score (nSPS) is 22.5. The average Bonchev–Trinajstić information content (AvgIpc) is 3.45. The Morgan fingerprint density at radius 2 is 1.36 bits per heavy atom. The summed E-state index contributed by atoms with van der Waals surface area (Å²) in [5, 5.41) is 22.2. The molecule has 0 spiro atoms. The van der Waals surface area contributed by atoms with Crippen LogP contribution in [0.1, 0.15) is 21.5 Å². The van der Waals surface area contributed by atoms with E-state index in [1.54, 1.807) is 23.2 Å². The van der Waals surface area contributed by atoms with Crippen molar-refractivity contribution in [2.75, 3.05) is 0 Å². The predicted molar refractivity (Wildman–Crippen MR) is 150 cm³/mol. The van der Waals surface area contributed by atoms with Crippen LogP contribution < -0.4 is 0 Å². The molecule has 0 radical (unpaired) electrons. The molecule has 0 bridgehead atoms. The number of carbonyl (C=O) groups is 3. The van der Waals surface area contributed by atoms with Gasteiger partial charge in [0.2, 0.25) is 11.8 Å². The Morgan fingerprint density at radius 1 is 0.762 bits per heavy atom. The number of non-ortho nitro benzene ring substituents is 2. The number of rotatable bonds is 8. The van der Waals surface area contributed by atoms with Crippen molar-refractivity contribution >= 4 is 29.0 Å². The van der Waals surface area contributed by atoms with Gasteiger partial charge in [0.25, 0.3) is 11.4 Å². The van der Waals surface area contributed by atoms with E-state index in [1.807, 2.05) is 42.5 Å². The molecule has 0 N–H and O–H groups in total. The Bertz CT molecular complexity index is 1670. The summed E-state index contributed by atoms with van der Waals surface area (Å²) in [4.78, 5) is 65.7.